The van der Waals surface area contributed by atoms with E-state index in [2.05, 4.69) is 22.2 Å². The zero-order valence-electron chi connectivity index (χ0n) is 21.5. The molecule has 0 bridgehead atoms. The van der Waals surface area contributed by atoms with Gasteiger partial charge in [-0.05, 0) is 50.1 Å². The highest BCUT2D eigenvalue weighted by Crippen LogP contribution is 2.35. The van der Waals surface area contributed by atoms with Crippen LogP contribution in [0, 0.1) is 6.92 Å². The van der Waals surface area contributed by atoms with E-state index in [0.717, 1.165) is 29.0 Å². The van der Waals surface area contributed by atoms with E-state index in [1.165, 1.54) is 13.2 Å². The molecule has 1 aromatic carbocycles. The number of urea groups is 1. The smallest absolute Gasteiger partial charge is 0.444 e. The molecule has 2 amide bonds. The van der Waals surface area contributed by atoms with Crippen LogP contribution in [0.25, 0.3) is 11.4 Å². The number of benzene rings is 1. The van der Waals surface area contributed by atoms with Crippen molar-refractivity contribution in [2.75, 3.05) is 24.0 Å². The minimum absolute atomic E-state index is 0.00314. The zero-order chi connectivity index (χ0) is 27.2. The number of pyridine rings is 1. The van der Waals surface area contributed by atoms with Crippen molar-refractivity contribution in [1.82, 2.24) is 20.0 Å². The van der Waals surface area contributed by atoms with Gasteiger partial charge in [-0.15, -0.1) is 5.06 Å². The minimum atomic E-state index is -1.34. The summed E-state index contributed by atoms with van der Waals surface area (Å²) in [6.07, 6.45) is 7.15. The third-order valence-electron chi connectivity index (χ3n) is 5.81. The molecule has 3 aromatic rings. The van der Waals surface area contributed by atoms with E-state index >= 15 is 0 Å². The molecule has 0 spiro atoms. The third-order valence-corrected chi connectivity index (χ3v) is 5.81. The van der Waals surface area contributed by atoms with Crippen molar-refractivity contribution < 1.29 is 28.8 Å². The van der Waals surface area contributed by atoms with E-state index in [1.54, 1.807) is 31.5 Å². The van der Waals surface area contributed by atoms with Crippen molar-refractivity contribution in [2.24, 2.45) is 0 Å². The fourth-order valence-corrected chi connectivity index (χ4v) is 3.86. The molecule has 198 valence electrons. The molecular formula is C26H28N6O6. The van der Waals surface area contributed by atoms with Crippen molar-refractivity contribution >= 4 is 29.5 Å². The highest BCUT2D eigenvalue weighted by atomic mass is 16.8. The number of carbonyl (C=O) groups is 3. The van der Waals surface area contributed by atoms with Gasteiger partial charge in [-0.2, -0.15) is 5.06 Å². The number of carbonyl (C=O) groups excluding carboxylic acids is 3. The third kappa shape index (κ3) is 5.48. The number of hydrogen-bond donors (Lipinski definition) is 1. The summed E-state index contributed by atoms with van der Waals surface area (Å²) in [5, 5.41) is 4.89. The van der Waals surface area contributed by atoms with Crippen LogP contribution in [0.3, 0.4) is 0 Å². The molecule has 0 unspecified atom stereocenters. The normalized spacial score (nSPS) is 14.5. The van der Waals surface area contributed by atoms with E-state index in [1.807, 2.05) is 25.3 Å². The summed E-state index contributed by atoms with van der Waals surface area (Å²) in [4.78, 5) is 59.9. The molecule has 4 rings (SSSR count). The number of hydrogen-bond acceptors (Lipinski definition) is 10. The number of nitrogens with zero attached hydrogens (tertiary/aromatic N) is 5. The predicted molar refractivity (Wildman–Crippen MR) is 137 cm³/mol. The average molecular weight is 521 g/mol. The maximum absolute atomic E-state index is 12.9. The molecule has 1 aliphatic rings. The van der Waals surface area contributed by atoms with Crippen LogP contribution in [-0.2, 0) is 19.3 Å². The van der Waals surface area contributed by atoms with E-state index < -0.39 is 18.0 Å². The van der Waals surface area contributed by atoms with Crippen molar-refractivity contribution in [3.05, 3.63) is 60.0 Å². The Morgan fingerprint density at radius 1 is 1.08 bits per heavy atom. The lowest BCUT2D eigenvalue weighted by Crippen LogP contribution is -2.41. The van der Waals surface area contributed by atoms with Gasteiger partial charge in [0.25, 0.3) is 0 Å². The monoisotopic (exact) mass is 520 g/mol. The fourth-order valence-electron chi connectivity index (χ4n) is 3.86. The van der Waals surface area contributed by atoms with E-state index in [4.69, 9.17) is 19.4 Å². The molecule has 0 saturated carbocycles. The molecule has 0 radical (unpaired) electrons. The average Bonchev–Trinajstić information content (AvgIpc) is 3.05. The first kappa shape index (κ1) is 26.3. The van der Waals surface area contributed by atoms with Crippen LogP contribution in [-0.4, -0.2) is 51.6 Å². The highest BCUT2D eigenvalue weighted by Gasteiger charge is 2.38. The second kappa shape index (κ2) is 11.5. The van der Waals surface area contributed by atoms with Gasteiger partial charge < -0.3 is 19.7 Å². The van der Waals surface area contributed by atoms with Gasteiger partial charge in [0, 0.05) is 29.7 Å². The fraction of sp³-hybridized carbons (Fsp3) is 0.308. The van der Waals surface area contributed by atoms with E-state index in [9.17, 15) is 14.4 Å². The van der Waals surface area contributed by atoms with Gasteiger partial charge in [-0.3, -0.25) is 4.98 Å². The van der Waals surface area contributed by atoms with E-state index in [-0.39, 0.29) is 24.0 Å². The summed E-state index contributed by atoms with van der Waals surface area (Å²) in [7, 11) is 1.40. The number of rotatable bonds is 9. The largest absolute Gasteiger partial charge is 0.494 e. The molecule has 1 N–H and O–H groups in total. The van der Waals surface area contributed by atoms with Crippen LogP contribution in [0.1, 0.15) is 43.9 Å². The minimum Gasteiger partial charge on any atom is -0.494 e. The molecule has 1 fully saturated rings. The van der Waals surface area contributed by atoms with Crippen molar-refractivity contribution in [2.45, 2.75) is 39.7 Å². The number of amides is 2. The summed E-state index contributed by atoms with van der Waals surface area (Å²) in [5.74, 6) is -1.37. The van der Waals surface area contributed by atoms with Gasteiger partial charge in [-0.1, -0.05) is 19.4 Å². The first-order valence-corrected chi connectivity index (χ1v) is 12.1. The SMILES string of the molecule is CCC[C@H](Nc1nc(-c2ccc(N3OC(=O)C(=O)ON(CC)C3=O)c(OC)c2)ncc1C)c1cccnc1. The van der Waals surface area contributed by atoms with Crippen LogP contribution < -0.4 is 15.1 Å². The van der Waals surface area contributed by atoms with Crippen LogP contribution in [0.5, 0.6) is 5.75 Å². The molecule has 12 heteroatoms. The van der Waals surface area contributed by atoms with Gasteiger partial charge in [0.15, 0.2) is 5.82 Å². The Balaban J connectivity index is 1.67. The summed E-state index contributed by atoms with van der Waals surface area (Å²) in [6, 6.07) is 7.85. The topological polar surface area (TPSA) is 136 Å². The van der Waals surface area contributed by atoms with Gasteiger partial charge in [0.2, 0.25) is 0 Å². The zero-order valence-corrected chi connectivity index (χ0v) is 21.5. The number of nitrogens with one attached hydrogen (secondary N) is 1. The first-order valence-electron chi connectivity index (χ1n) is 12.1. The van der Waals surface area contributed by atoms with Crippen molar-refractivity contribution in [3.63, 3.8) is 0 Å². The molecule has 1 saturated heterocycles. The lowest BCUT2D eigenvalue weighted by Gasteiger charge is -2.23. The Morgan fingerprint density at radius 3 is 2.55 bits per heavy atom. The van der Waals surface area contributed by atoms with Crippen molar-refractivity contribution in [3.8, 4) is 17.1 Å². The van der Waals surface area contributed by atoms with Gasteiger partial charge in [-0.25, -0.2) is 24.4 Å². The summed E-state index contributed by atoms with van der Waals surface area (Å²) in [6.45, 7) is 5.62. The van der Waals surface area contributed by atoms with Crippen LogP contribution >= 0.6 is 0 Å². The molecule has 0 aliphatic carbocycles. The van der Waals surface area contributed by atoms with Crippen molar-refractivity contribution in [1.29, 1.82) is 0 Å². The second-order valence-corrected chi connectivity index (χ2v) is 8.41. The Morgan fingerprint density at radius 2 is 1.87 bits per heavy atom. The Bertz CT molecular complexity index is 1340. The molecule has 1 atom stereocenters. The van der Waals surface area contributed by atoms with Crippen LogP contribution in [0.2, 0.25) is 0 Å². The molecule has 1 aliphatic heterocycles. The number of aryl methyl sites for hydroxylation is 1. The van der Waals surface area contributed by atoms with Crippen LogP contribution in [0.4, 0.5) is 16.3 Å². The number of anilines is 2. The van der Waals surface area contributed by atoms with Gasteiger partial charge in [0.05, 0.1) is 19.7 Å². The maximum Gasteiger partial charge on any atom is 0.444 e. The lowest BCUT2D eigenvalue weighted by atomic mass is 10.0. The predicted octanol–water partition coefficient (Wildman–Crippen LogP) is 3.99. The van der Waals surface area contributed by atoms with Gasteiger partial charge in [0.1, 0.15) is 17.3 Å². The quantitative estimate of drug-likeness (QED) is 0.413. The summed E-state index contributed by atoms with van der Waals surface area (Å²) >= 11 is 0. The first-order chi connectivity index (χ1) is 18.4. The molecule has 2 aromatic heterocycles. The van der Waals surface area contributed by atoms with E-state index in [0.29, 0.717) is 22.3 Å². The highest BCUT2D eigenvalue weighted by molar-refractivity contribution is 6.30. The Kier molecular flexibility index (Phi) is 8.00. The second-order valence-electron chi connectivity index (χ2n) is 8.41. The molecular weight excluding hydrogens is 492 g/mol. The Hall–Kier alpha value is -4.74. The standard InChI is InChI=1S/C26H28N6O6/c1-5-8-19(18-9-7-12-27-15-18)29-22-16(3)14-28-23(30-22)17-10-11-20(21(13-17)36-4)32-26(35)31(6-2)37-24(33)25(34)38-32/h7,9-15,19H,5-6,8H2,1-4H3,(H,28,29,30)/t19-/m0/s1. The molecule has 12 nitrogen and oxygen atoms in total. The van der Waals surface area contributed by atoms with Gasteiger partial charge >= 0.3 is 18.0 Å². The number of hydroxylamine groups is 3. The number of aromatic nitrogens is 3. The molecule has 3 heterocycles. The number of methoxy groups -OCH3 is 1. The maximum atomic E-state index is 12.9. The Labute approximate surface area is 219 Å². The lowest BCUT2D eigenvalue weighted by molar-refractivity contribution is -0.182. The van der Waals surface area contributed by atoms with Crippen LogP contribution in [0.15, 0.2) is 48.9 Å². The molecule has 38 heavy (non-hydrogen) atoms. The number of ether oxygens (including phenoxy) is 1. The summed E-state index contributed by atoms with van der Waals surface area (Å²) in [5.41, 5.74) is 2.61. The summed E-state index contributed by atoms with van der Waals surface area (Å²) < 4.78 is 5.48.